The monoisotopic (exact) mass is 247 g/mol. The third-order valence-corrected chi connectivity index (χ3v) is 9.05. The number of benzene rings is 1. The van der Waals surface area contributed by atoms with Crippen LogP contribution in [0.1, 0.15) is 33.1 Å². The first kappa shape index (κ1) is 12.7. The molecule has 0 saturated carbocycles. The van der Waals surface area contributed by atoms with Gasteiger partial charge in [-0.3, -0.25) is 0 Å². The van der Waals surface area contributed by atoms with Gasteiger partial charge in [0.1, 0.15) is 0 Å². The number of hydrogen-bond donors (Lipinski definition) is 0. The molecule has 2 heteroatoms. The van der Waals surface area contributed by atoms with E-state index in [-0.39, 0.29) is 0 Å². The van der Waals surface area contributed by atoms with Gasteiger partial charge in [0.15, 0.2) is 8.24 Å². The fraction of sp³-hybridized carbons (Fsp3) is 0.600. The van der Waals surface area contributed by atoms with Crippen LogP contribution >= 0.6 is 0 Å². The highest BCUT2D eigenvalue weighted by atomic mass is 28.3. The number of para-hydroxylation sites is 1. The minimum Gasteiger partial charge on any atom is -0.395 e. The summed E-state index contributed by atoms with van der Waals surface area (Å²) in [5.41, 5.74) is 1.46. The Hall–Kier alpha value is -0.763. The average molecular weight is 247 g/mol. The molecule has 94 valence electrons. The third-order valence-electron chi connectivity index (χ3n) is 4.33. The Bertz CT molecular complexity index is 343. The molecule has 1 aliphatic heterocycles. The zero-order chi connectivity index (χ0) is 12.3. The summed E-state index contributed by atoms with van der Waals surface area (Å²) in [5.74, 6) is 0. The summed E-state index contributed by atoms with van der Waals surface area (Å²) in [4.78, 5) is 0. The fourth-order valence-corrected chi connectivity index (χ4v) is 8.02. The van der Waals surface area contributed by atoms with Crippen molar-refractivity contribution in [3.8, 4) is 0 Å². The molecule has 2 rings (SSSR count). The van der Waals surface area contributed by atoms with Gasteiger partial charge in [-0.05, 0) is 37.6 Å². The molecular weight excluding hydrogens is 222 g/mol. The SMILES string of the molecule is CCC(C)N(c1ccccc1)[Si]1(C)CCCC1. The van der Waals surface area contributed by atoms with Crippen LogP contribution in [0.4, 0.5) is 5.69 Å². The van der Waals surface area contributed by atoms with Gasteiger partial charge in [0.25, 0.3) is 0 Å². The summed E-state index contributed by atoms with van der Waals surface area (Å²) >= 11 is 0. The minimum absolute atomic E-state index is 0.687. The van der Waals surface area contributed by atoms with Crippen molar-refractivity contribution < 1.29 is 0 Å². The van der Waals surface area contributed by atoms with E-state index in [0.717, 1.165) is 0 Å². The molecule has 0 radical (unpaired) electrons. The van der Waals surface area contributed by atoms with Gasteiger partial charge in [0.2, 0.25) is 0 Å². The largest absolute Gasteiger partial charge is 0.395 e. The van der Waals surface area contributed by atoms with Gasteiger partial charge in [0, 0.05) is 11.7 Å². The van der Waals surface area contributed by atoms with Crippen molar-refractivity contribution in [3.05, 3.63) is 30.3 Å². The van der Waals surface area contributed by atoms with E-state index in [9.17, 15) is 0 Å². The van der Waals surface area contributed by atoms with Gasteiger partial charge >= 0.3 is 0 Å². The van der Waals surface area contributed by atoms with Crippen LogP contribution in [-0.4, -0.2) is 14.3 Å². The molecule has 0 bridgehead atoms. The van der Waals surface area contributed by atoms with Crippen LogP contribution < -0.4 is 4.57 Å². The molecule has 1 saturated heterocycles. The lowest BCUT2D eigenvalue weighted by atomic mass is 10.2. The summed E-state index contributed by atoms with van der Waals surface area (Å²) < 4.78 is 2.81. The third kappa shape index (κ3) is 2.57. The van der Waals surface area contributed by atoms with Crippen LogP contribution in [0.15, 0.2) is 30.3 Å². The lowest BCUT2D eigenvalue weighted by molar-refractivity contribution is 0.698. The summed E-state index contributed by atoms with van der Waals surface area (Å²) in [7, 11) is -1.21. The van der Waals surface area contributed by atoms with Crippen LogP contribution in [-0.2, 0) is 0 Å². The van der Waals surface area contributed by atoms with Crippen molar-refractivity contribution in [1.29, 1.82) is 0 Å². The van der Waals surface area contributed by atoms with E-state index >= 15 is 0 Å². The zero-order valence-corrected chi connectivity index (χ0v) is 12.4. The normalized spacial score (nSPS) is 20.2. The van der Waals surface area contributed by atoms with Crippen LogP contribution in [0.25, 0.3) is 0 Å². The molecule has 1 aromatic carbocycles. The zero-order valence-electron chi connectivity index (χ0n) is 11.4. The second-order valence-corrected chi connectivity index (χ2v) is 10.1. The first-order valence-electron chi connectivity index (χ1n) is 7.02. The lowest BCUT2D eigenvalue weighted by Crippen LogP contribution is -2.53. The van der Waals surface area contributed by atoms with E-state index in [1.165, 1.54) is 37.0 Å². The van der Waals surface area contributed by atoms with E-state index in [2.05, 4.69) is 55.3 Å². The van der Waals surface area contributed by atoms with Gasteiger partial charge in [-0.2, -0.15) is 0 Å². The minimum atomic E-state index is -1.21. The van der Waals surface area contributed by atoms with Gasteiger partial charge < -0.3 is 4.57 Å². The molecule has 1 nitrogen and oxygen atoms in total. The van der Waals surface area contributed by atoms with Crippen molar-refractivity contribution in [3.63, 3.8) is 0 Å². The molecule has 17 heavy (non-hydrogen) atoms. The van der Waals surface area contributed by atoms with Gasteiger partial charge in [-0.25, -0.2) is 0 Å². The summed E-state index contributed by atoms with van der Waals surface area (Å²) in [6, 6.07) is 14.7. The average Bonchev–Trinajstić information content (AvgIpc) is 2.78. The molecule has 1 fully saturated rings. The molecule has 0 spiro atoms. The molecular formula is C15H25NSi. The quantitative estimate of drug-likeness (QED) is 0.699. The molecule has 0 aromatic heterocycles. The maximum atomic E-state index is 2.81. The van der Waals surface area contributed by atoms with Crippen LogP contribution in [0.3, 0.4) is 0 Å². The first-order valence-corrected chi connectivity index (χ1v) is 9.88. The molecule has 1 atom stereocenters. The van der Waals surface area contributed by atoms with Crippen LogP contribution in [0, 0.1) is 0 Å². The Kier molecular flexibility index (Phi) is 3.92. The van der Waals surface area contributed by atoms with Crippen molar-refractivity contribution in [1.82, 2.24) is 0 Å². The Morgan fingerprint density at radius 1 is 1.18 bits per heavy atom. The highest BCUT2D eigenvalue weighted by Crippen LogP contribution is 2.37. The topological polar surface area (TPSA) is 3.24 Å². The highest BCUT2D eigenvalue weighted by molar-refractivity contribution is 6.82. The standard InChI is InChI=1S/C15H25NSi/c1-4-14(2)16(15-10-6-5-7-11-15)17(3)12-8-9-13-17/h5-7,10-11,14H,4,8-9,12-13H2,1-3H3. The molecule has 1 unspecified atom stereocenters. The van der Waals surface area contributed by atoms with Gasteiger partial charge in [-0.15, -0.1) is 0 Å². The van der Waals surface area contributed by atoms with Crippen molar-refractivity contribution in [2.45, 2.75) is 57.8 Å². The number of hydrogen-bond acceptors (Lipinski definition) is 1. The van der Waals surface area contributed by atoms with Gasteiger partial charge in [0.05, 0.1) is 0 Å². The highest BCUT2D eigenvalue weighted by Gasteiger charge is 2.39. The van der Waals surface area contributed by atoms with E-state index in [0.29, 0.717) is 6.04 Å². The molecule has 0 aliphatic carbocycles. The Morgan fingerprint density at radius 2 is 1.76 bits per heavy atom. The van der Waals surface area contributed by atoms with E-state index in [4.69, 9.17) is 0 Å². The Labute approximate surface area is 107 Å². The Morgan fingerprint density at radius 3 is 2.29 bits per heavy atom. The number of anilines is 1. The number of nitrogens with zero attached hydrogens (tertiary/aromatic N) is 1. The maximum absolute atomic E-state index is 2.81. The fourth-order valence-electron chi connectivity index (χ4n) is 3.25. The molecule has 1 aliphatic rings. The van der Waals surface area contributed by atoms with Crippen LogP contribution in [0.5, 0.6) is 0 Å². The van der Waals surface area contributed by atoms with Gasteiger partial charge in [-0.1, -0.05) is 44.5 Å². The van der Waals surface area contributed by atoms with Crippen LogP contribution in [0.2, 0.25) is 18.6 Å². The first-order chi connectivity index (χ1) is 8.17. The smallest absolute Gasteiger partial charge is 0.153 e. The van der Waals surface area contributed by atoms with E-state index in [1.54, 1.807) is 0 Å². The van der Waals surface area contributed by atoms with E-state index < -0.39 is 8.24 Å². The summed E-state index contributed by atoms with van der Waals surface area (Å²) in [6.07, 6.45) is 4.14. The van der Waals surface area contributed by atoms with E-state index in [1.807, 2.05) is 0 Å². The summed E-state index contributed by atoms with van der Waals surface area (Å²) in [5, 5.41) is 0. The lowest BCUT2D eigenvalue weighted by Gasteiger charge is -2.43. The Balaban J connectivity index is 2.31. The molecule has 0 N–H and O–H groups in total. The second kappa shape index (κ2) is 5.26. The predicted molar refractivity (Wildman–Crippen MR) is 79.1 cm³/mol. The maximum Gasteiger partial charge on any atom is 0.153 e. The molecule has 1 heterocycles. The predicted octanol–water partition coefficient (Wildman–Crippen LogP) is 4.66. The van der Waals surface area contributed by atoms with Crippen molar-refractivity contribution >= 4 is 13.9 Å². The summed E-state index contributed by atoms with van der Waals surface area (Å²) in [6.45, 7) is 7.29. The molecule has 1 aromatic rings. The molecule has 0 amide bonds. The van der Waals surface area contributed by atoms with Crippen molar-refractivity contribution in [2.24, 2.45) is 0 Å². The second-order valence-electron chi connectivity index (χ2n) is 5.67. The number of rotatable bonds is 4. The van der Waals surface area contributed by atoms with Crippen molar-refractivity contribution in [2.75, 3.05) is 4.57 Å².